The van der Waals surface area contributed by atoms with E-state index in [1.807, 2.05) is 42.5 Å². The van der Waals surface area contributed by atoms with Crippen molar-refractivity contribution in [3.8, 4) is 11.5 Å². The van der Waals surface area contributed by atoms with E-state index >= 15 is 0 Å². The van der Waals surface area contributed by atoms with Crippen molar-refractivity contribution >= 4 is 15.9 Å². The summed E-state index contributed by atoms with van der Waals surface area (Å²) >= 11 is 3.62. The Hall–Kier alpha value is -1.56. The van der Waals surface area contributed by atoms with Gasteiger partial charge in [0.05, 0.1) is 13.7 Å². The van der Waals surface area contributed by atoms with Gasteiger partial charge in [-0.15, -0.1) is 0 Å². The average Bonchev–Trinajstić information content (AvgIpc) is 2.69. The normalized spacial score (nSPS) is 17.1. The molecule has 1 heterocycles. The lowest BCUT2D eigenvalue weighted by molar-refractivity contribution is -0.161. The Balaban J connectivity index is 1.61. The van der Waals surface area contributed by atoms with Crippen molar-refractivity contribution in [2.75, 3.05) is 20.3 Å². The Kier molecular flexibility index (Phi) is 7.35. The standard InChI is InChI=1S/C21H25BrO4/c1-23-19-14-18(22)17(10-12-25-21-9-5-6-11-24-21)13-20(19)26-15-16-7-3-2-4-8-16/h2-4,7-8,13-14,21H,5-6,9-12,15H2,1H3. The smallest absolute Gasteiger partial charge is 0.162 e. The summed E-state index contributed by atoms with van der Waals surface area (Å²) in [6, 6.07) is 14.1. The van der Waals surface area contributed by atoms with Crippen LogP contribution in [0.15, 0.2) is 46.9 Å². The molecule has 1 fully saturated rings. The molecule has 0 radical (unpaired) electrons. The first-order valence-electron chi connectivity index (χ1n) is 9.02. The maximum absolute atomic E-state index is 5.99. The van der Waals surface area contributed by atoms with E-state index in [1.54, 1.807) is 7.11 Å². The van der Waals surface area contributed by atoms with Crippen molar-refractivity contribution in [2.45, 2.75) is 38.6 Å². The molecule has 0 saturated carbocycles. The summed E-state index contributed by atoms with van der Waals surface area (Å²) in [5, 5.41) is 0. The van der Waals surface area contributed by atoms with E-state index < -0.39 is 0 Å². The minimum atomic E-state index is -0.0606. The molecule has 0 aliphatic carbocycles. The van der Waals surface area contributed by atoms with E-state index in [9.17, 15) is 0 Å². The molecule has 26 heavy (non-hydrogen) atoms. The molecular formula is C21H25BrO4. The first-order chi connectivity index (χ1) is 12.8. The van der Waals surface area contributed by atoms with Gasteiger partial charge < -0.3 is 18.9 Å². The lowest BCUT2D eigenvalue weighted by Gasteiger charge is -2.22. The zero-order valence-electron chi connectivity index (χ0n) is 15.1. The maximum Gasteiger partial charge on any atom is 0.162 e. The number of halogens is 1. The summed E-state index contributed by atoms with van der Waals surface area (Å²) in [5.41, 5.74) is 2.25. The molecule has 2 aromatic rings. The predicted octanol–water partition coefficient (Wildman–Crippen LogP) is 5.12. The van der Waals surface area contributed by atoms with E-state index in [0.29, 0.717) is 19.0 Å². The topological polar surface area (TPSA) is 36.9 Å². The molecule has 1 atom stereocenters. The zero-order valence-corrected chi connectivity index (χ0v) is 16.7. The fraction of sp³-hybridized carbons (Fsp3) is 0.429. The van der Waals surface area contributed by atoms with Crippen LogP contribution in [0, 0.1) is 0 Å². The highest BCUT2D eigenvalue weighted by Gasteiger charge is 2.15. The van der Waals surface area contributed by atoms with Crippen molar-refractivity contribution in [2.24, 2.45) is 0 Å². The van der Waals surface area contributed by atoms with Gasteiger partial charge in [0.25, 0.3) is 0 Å². The Morgan fingerprint density at radius 2 is 1.96 bits per heavy atom. The van der Waals surface area contributed by atoms with Crippen molar-refractivity contribution in [1.82, 2.24) is 0 Å². The molecule has 1 aliphatic rings. The van der Waals surface area contributed by atoms with Gasteiger partial charge in [0.1, 0.15) is 6.61 Å². The molecule has 1 aliphatic heterocycles. The maximum atomic E-state index is 5.99. The van der Waals surface area contributed by atoms with E-state index in [-0.39, 0.29) is 6.29 Å². The number of hydrogen-bond acceptors (Lipinski definition) is 4. The lowest BCUT2D eigenvalue weighted by atomic mass is 10.1. The monoisotopic (exact) mass is 420 g/mol. The van der Waals surface area contributed by atoms with E-state index in [4.69, 9.17) is 18.9 Å². The molecule has 0 amide bonds. The second kappa shape index (κ2) is 9.95. The predicted molar refractivity (Wildman–Crippen MR) is 105 cm³/mol. The van der Waals surface area contributed by atoms with Gasteiger partial charge in [-0.05, 0) is 48.9 Å². The first kappa shape index (κ1) is 19.2. The van der Waals surface area contributed by atoms with Gasteiger partial charge in [0, 0.05) is 11.1 Å². The fourth-order valence-electron chi connectivity index (χ4n) is 2.92. The third kappa shape index (κ3) is 5.47. The molecule has 1 unspecified atom stereocenters. The van der Waals surface area contributed by atoms with Gasteiger partial charge in [0.15, 0.2) is 17.8 Å². The third-order valence-electron chi connectivity index (χ3n) is 4.38. The molecule has 1 saturated heterocycles. The van der Waals surface area contributed by atoms with Gasteiger partial charge in [-0.1, -0.05) is 46.3 Å². The van der Waals surface area contributed by atoms with Crippen LogP contribution in [0.1, 0.15) is 30.4 Å². The molecule has 4 nitrogen and oxygen atoms in total. The van der Waals surface area contributed by atoms with E-state index in [1.165, 1.54) is 6.42 Å². The molecule has 0 aromatic heterocycles. The van der Waals surface area contributed by atoms with Crippen LogP contribution in [-0.4, -0.2) is 26.6 Å². The van der Waals surface area contributed by atoms with Crippen LogP contribution >= 0.6 is 15.9 Å². The Morgan fingerprint density at radius 3 is 2.69 bits per heavy atom. The molecule has 0 bridgehead atoms. The molecule has 0 spiro atoms. The van der Waals surface area contributed by atoms with Crippen LogP contribution in [0.5, 0.6) is 11.5 Å². The summed E-state index contributed by atoms with van der Waals surface area (Å²) in [7, 11) is 1.65. The fourth-order valence-corrected chi connectivity index (χ4v) is 3.44. The van der Waals surface area contributed by atoms with Crippen molar-refractivity contribution in [3.05, 3.63) is 58.1 Å². The minimum Gasteiger partial charge on any atom is -0.493 e. The van der Waals surface area contributed by atoms with Crippen molar-refractivity contribution in [1.29, 1.82) is 0 Å². The van der Waals surface area contributed by atoms with E-state index in [2.05, 4.69) is 15.9 Å². The van der Waals surface area contributed by atoms with E-state index in [0.717, 1.165) is 47.2 Å². The Morgan fingerprint density at radius 1 is 1.12 bits per heavy atom. The highest BCUT2D eigenvalue weighted by molar-refractivity contribution is 9.10. The van der Waals surface area contributed by atoms with Crippen molar-refractivity contribution < 1.29 is 18.9 Å². The first-order valence-corrected chi connectivity index (χ1v) is 9.82. The lowest BCUT2D eigenvalue weighted by Crippen LogP contribution is -2.23. The quantitative estimate of drug-likeness (QED) is 0.593. The summed E-state index contributed by atoms with van der Waals surface area (Å²) in [4.78, 5) is 0. The van der Waals surface area contributed by atoms with Crippen LogP contribution in [0.4, 0.5) is 0 Å². The second-order valence-electron chi connectivity index (χ2n) is 6.29. The van der Waals surface area contributed by atoms with Crippen LogP contribution in [0.2, 0.25) is 0 Å². The Labute approximate surface area is 163 Å². The second-order valence-corrected chi connectivity index (χ2v) is 7.14. The SMILES string of the molecule is COc1cc(Br)c(CCOC2CCCCO2)cc1OCc1ccccc1. The molecule has 140 valence electrons. The number of hydrogen-bond donors (Lipinski definition) is 0. The number of benzene rings is 2. The van der Waals surface area contributed by atoms with Crippen LogP contribution < -0.4 is 9.47 Å². The van der Waals surface area contributed by atoms with Gasteiger partial charge >= 0.3 is 0 Å². The summed E-state index contributed by atoms with van der Waals surface area (Å²) in [5.74, 6) is 1.46. The summed E-state index contributed by atoms with van der Waals surface area (Å²) in [6.45, 7) is 1.92. The highest BCUT2D eigenvalue weighted by atomic mass is 79.9. The molecule has 2 aromatic carbocycles. The van der Waals surface area contributed by atoms with Crippen LogP contribution in [0.3, 0.4) is 0 Å². The van der Waals surface area contributed by atoms with Crippen molar-refractivity contribution in [3.63, 3.8) is 0 Å². The molecule has 5 heteroatoms. The Bertz CT molecular complexity index is 684. The zero-order chi connectivity index (χ0) is 18.2. The van der Waals surface area contributed by atoms with Gasteiger partial charge in [0.2, 0.25) is 0 Å². The molecule has 3 rings (SSSR count). The molecule has 0 N–H and O–H groups in total. The van der Waals surface area contributed by atoms with Crippen LogP contribution in [-0.2, 0) is 22.5 Å². The van der Waals surface area contributed by atoms with Crippen LogP contribution in [0.25, 0.3) is 0 Å². The van der Waals surface area contributed by atoms with Gasteiger partial charge in [-0.25, -0.2) is 0 Å². The van der Waals surface area contributed by atoms with Gasteiger partial charge in [-0.2, -0.15) is 0 Å². The number of rotatable bonds is 8. The van der Waals surface area contributed by atoms with Gasteiger partial charge in [-0.3, -0.25) is 0 Å². The third-order valence-corrected chi connectivity index (χ3v) is 5.12. The minimum absolute atomic E-state index is 0.0606. The largest absolute Gasteiger partial charge is 0.493 e. The highest BCUT2D eigenvalue weighted by Crippen LogP contribution is 2.34. The molecular weight excluding hydrogens is 396 g/mol. The summed E-state index contributed by atoms with van der Waals surface area (Å²) in [6.07, 6.45) is 4.01. The average molecular weight is 421 g/mol. The summed E-state index contributed by atoms with van der Waals surface area (Å²) < 4.78 is 23.9. The number of ether oxygens (including phenoxy) is 4. The number of methoxy groups -OCH3 is 1.